The summed E-state index contributed by atoms with van der Waals surface area (Å²) in [6.07, 6.45) is 2.35. The lowest BCUT2D eigenvalue weighted by Crippen LogP contribution is -1.96. The Balaban J connectivity index is 1.41. The molecular weight excluding hydrogens is 380 g/mol. The van der Waals surface area contributed by atoms with Gasteiger partial charge in [0, 0.05) is 16.9 Å². The van der Waals surface area contributed by atoms with Gasteiger partial charge in [-0.15, -0.1) is 0 Å². The van der Waals surface area contributed by atoms with Crippen molar-refractivity contribution in [1.29, 1.82) is 0 Å². The van der Waals surface area contributed by atoms with E-state index in [1.54, 1.807) is 11.8 Å². The number of aromatic nitrogens is 4. The SMILES string of the molecule is Clc1ccccc1-c1noc(CSc2nc(C3CC3)nc3ccccc23)n1. The lowest BCUT2D eigenvalue weighted by atomic mass is 10.2. The van der Waals surface area contributed by atoms with E-state index in [9.17, 15) is 0 Å². The van der Waals surface area contributed by atoms with Crippen LogP contribution in [0.2, 0.25) is 5.02 Å². The number of rotatable bonds is 5. The van der Waals surface area contributed by atoms with Gasteiger partial charge in [-0.3, -0.25) is 0 Å². The van der Waals surface area contributed by atoms with Crippen LogP contribution in [0.15, 0.2) is 58.1 Å². The summed E-state index contributed by atoms with van der Waals surface area (Å²) in [5.74, 6) is 3.04. The molecule has 5 nitrogen and oxygen atoms in total. The van der Waals surface area contributed by atoms with Gasteiger partial charge in [-0.25, -0.2) is 9.97 Å². The first-order valence-electron chi connectivity index (χ1n) is 8.75. The molecule has 0 atom stereocenters. The molecule has 0 spiro atoms. The molecule has 0 N–H and O–H groups in total. The molecule has 0 saturated heterocycles. The Morgan fingerprint density at radius 2 is 1.81 bits per heavy atom. The summed E-state index contributed by atoms with van der Waals surface area (Å²) < 4.78 is 5.41. The van der Waals surface area contributed by atoms with E-state index in [0.717, 1.165) is 27.3 Å². The highest BCUT2D eigenvalue weighted by atomic mass is 35.5. The van der Waals surface area contributed by atoms with Gasteiger partial charge < -0.3 is 4.52 Å². The van der Waals surface area contributed by atoms with Gasteiger partial charge in [-0.05, 0) is 31.0 Å². The average Bonchev–Trinajstić information content (AvgIpc) is 3.45. The standard InChI is InChI=1S/C20H15ClN4OS/c21-15-7-3-1-5-13(15)19-23-17(26-25-19)11-27-20-14-6-2-4-8-16(14)22-18(24-20)12-9-10-12/h1-8,12H,9-11H2. The Morgan fingerprint density at radius 3 is 2.67 bits per heavy atom. The molecule has 0 aliphatic heterocycles. The predicted molar refractivity (Wildman–Crippen MR) is 106 cm³/mol. The summed E-state index contributed by atoms with van der Waals surface area (Å²) in [6, 6.07) is 15.6. The molecule has 1 aliphatic carbocycles. The summed E-state index contributed by atoms with van der Waals surface area (Å²) >= 11 is 7.81. The van der Waals surface area contributed by atoms with Crippen LogP contribution >= 0.6 is 23.4 Å². The van der Waals surface area contributed by atoms with Crippen molar-refractivity contribution < 1.29 is 4.52 Å². The molecule has 0 bridgehead atoms. The van der Waals surface area contributed by atoms with E-state index in [1.165, 1.54) is 12.8 Å². The van der Waals surface area contributed by atoms with Crippen LogP contribution in [-0.4, -0.2) is 20.1 Å². The van der Waals surface area contributed by atoms with Gasteiger partial charge in [0.05, 0.1) is 16.3 Å². The van der Waals surface area contributed by atoms with Gasteiger partial charge >= 0.3 is 0 Å². The molecule has 1 saturated carbocycles. The zero-order valence-electron chi connectivity index (χ0n) is 14.3. The highest BCUT2D eigenvalue weighted by molar-refractivity contribution is 7.98. The summed E-state index contributed by atoms with van der Waals surface area (Å²) in [6.45, 7) is 0. The van der Waals surface area contributed by atoms with E-state index in [4.69, 9.17) is 26.1 Å². The number of hydrogen-bond acceptors (Lipinski definition) is 6. The van der Waals surface area contributed by atoms with Gasteiger partial charge in [0.2, 0.25) is 11.7 Å². The van der Waals surface area contributed by atoms with Crippen LogP contribution in [0.25, 0.3) is 22.3 Å². The van der Waals surface area contributed by atoms with Crippen LogP contribution < -0.4 is 0 Å². The van der Waals surface area contributed by atoms with Crippen molar-refractivity contribution in [2.24, 2.45) is 0 Å². The number of thioether (sulfide) groups is 1. The van der Waals surface area contributed by atoms with E-state index < -0.39 is 0 Å². The minimum absolute atomic E-state index is 0.502. The monoisotopic (exact) mass is 394 g/mol. The summed E-state index contributed by atoms with van der Waals surface area (Å²) in [4.78, 5) is 14.0. The second-order valence-corrected chi connectivity index (χ2v) is 7.83. The fraction of sp³-hybridized carbons (Fsp3) is 0.200. The van der Waals surface area contributed by atoms with Gasteiger partial charge in [-0.2, -0.15) is 4.98 Å². The number of nitrogens with zero attached hydrogens (tertiary/aromatic N) is 4. The van der Waals surface area contributed by atoms with E-state index in [1.807, 2.05) is 42.5 Å². The molecule has 0 amide bonds. The van der Waals surface area contributed by atoms with E-state index in [2.05, 4.69) is 16.2 Å². The van der Waals surface area contributed by atoms with E-state index in [-0.39, 0.29) is 0 Å². The topological polar surface area (TPSA) is 64.7 Å². The third kappa shape index (κ3) is 3.42. The fourth-order valence-corrected chi connectivity index (χ4v) is 3.98. The number of benzene rings is 2. The maximum atomic E-state index is 6.22. The molecule has 1 aliphatic rings. The molecule has 7 heteroatoms. The van der Waals surface area contributed by atoms with E-state index in [0.29, 0.717) is 28.4 Å². The quantitative estimate of drug-likeness (QED) is 0.329. The Morgan fingerprint density at radius 1 is 1.00 bits per heavy atom. The molecular formula is C20H15ClN4OS. The van der Waals surface area contributed by atoms with Crippen molar-refractivity contribution in [1.82, 2.24) is 20.1 Å². The van der Waals surface area contributed by atoms with Gasteiger partial charge in [0.15, 0.2) is 0 Å². The minimum atomic E-state index is 0.502. The molecule has 0 radical (unpaired) electrons. The number of fused-ring (bicyclic) bond motifs is 1. The van der Waals surface area contributed by atoms with E-state index >= 15 is 0 Å². The Labute approximate surface area is 165 Å². The van der Waals surface area contributed by atoms with Gasteiger partial charge in [0.25, 0.3) is 0 Å². The normalized spacial score (nSPS) is 14.0. The summed E-state index contributed by atoms with van der Waals surface area (Å²) in [7, 11) is 0. The Bertz CT molecular complexity index is 1130. The zero-order chi connectivity index (χ0) is 18.2. The lowest BCUT2D eigenvalue weighted by Gasteiger charge is -2.06. The van der Waals surface area contributed by atoms with Gasteiger partial charge in [-0.1, -0.05) is 58.9 Å². The maximum Gasteiger partial charge on any atom is 0.237 e. The van der Waals surface area contributed by atoms with Crippen molar-refractivity contribution in [3.8, 4) is 11.4 Å². The zero-order valence-corrected chi connectivity index (χ0v) is 15.9. The van der Waals surface area contributed by atoms with Crippen molar-refractivity contribution >= 4 is 34.3 Å². The molecule has 5 rings (SSSR count). The minimum Gasteiger partial charge on any atom is -0.338 e. The largest absolute Gasteiger partial charge is 0.338 e. The predicted octanol–water partition coefficient (Wildman–Crippen LogP) is 5.50. The highest BCUT2D eigenvalue weighted by Crippen LogP contribution is 2.40. The van der Waals surface area contributed by atoms with Crippen LogP contribution in [-0.2, 0) is 5.75 Å². The van der Waals surface area contributed by atoms with Crippen LogP contribution in [0.1, 0.15) is 30.5 Å². The van der Waals surface area contributed by atoms with Crippen molar-refractivity contribution in [3.63, 3.8) is 0 Å². The molecule has 134 valence electrons. The Hall–Kier alpha value is -2.44. The Kier molecular flexibility index (Phi) is 4.30. The van der Waals surface area contributed by atoms with Crippen molar-refractivity contribution in [3.05, 3.63) is 65.3 Å². The molecule has 0 unspecified atom stereocenters. The molecule has 1 fully saturated rings. The smallest absolute Gasteiger partial charge is 0.237 e. The van der Waals surface area contributed by atoms with Crippen LogP contribution in [0.3, 0.4) is 0 Å². The fourth-order valence-electron chi connectivity index (χ4n) is 2.89. The van der Waals surface area contributed by atoms with Crippen LogP contribution in [0.5, 0.6) is 0 Å². The molecule has 4 aromatic rings. The lowest BCUT2D eigenvalue weighted by molar-refractivity contribution is 0.391. The number of halogens is 1. The third-order valence-corrected chi connectivity index (χ3v) is 5.75. The number of hydrogen-bond donors (Lipinski definition) is 0. The first-order chi connectivity index (χ1) is 13.3. The second kappa shape index (κ2) is 6.94. The molecule has 2 aromatic heterocycles. The molecule has 2 aromatic carbocycles. The summed E-state index contributed by atoms with van der Waals surface area (Å²) in [5, 5.41) is 6.68. The van der Waals surface area contributed by atoms with Crippen LogP contribution in [0, 0.1) is 0 Å². The van der Waals surface area contributed by atoms with Crippen molar-refractivity contribution in [2.75, 3.05) is 0 Å². The van der Waals surface area contributed by atoms with Gasteiger partial charge in [0.1, 0.15) is 10.9 Å². The highest BCUT2D eigenvalue weighted by Gasteiger charge is 2.27. The molecule has 2 heterocycles. The first-order valence-corrected chi connectivity index (χ1v) is 10.1. The van der Waals surface area contributed by atoms with Crippen LogP contribution in [0.4, 0.5) is 0 Å². The first kappa shape index (κ1) is 16.7. The third-order valence-electron chi connectivity index (χ3n) is 4.44. The van der Waals surface area contributed by atoms with Crippen molar-refractivity contribution in [2.45, 2.75) is 29.5 Å². The molecule has 27 heavy (non-hydrogen) atoms. The average molecular weight is 395 g/mol. The summed E-state index contributed by atoms with van der Waals surface area (Å²) in [5.41, 5.74) is 1.75. The number of para-hydroxylation sites is 1. The maximum absolute atomic E-state index is 6.22. The second-order valence-electron chi connectivity index (χ2n) is 6.46.